The van der Waals surface area contributed by atoms with E-state index < -0.39 is 11.7 Å². The number of hydrogen-bond donors (Lipinski definition) is 2. The Hall–Kier alpha value is -1.62. The molecule has 1 rings (SSSR count). The average molecular weight is 324 g/mol. The molecule has 130 valence electrons. The van der Waals surface area contributed by atoms with E-state index in [1.165, 1.54) is 6.07 Å². The molecule has 0 saturated carbocycles. The summed E-state index contributed by atoms with van der Waals surface area (Å²) in [6, 6.07) is 7.03. The Morgan fingerprint density at radius 1 is 1.22 bits per heavy atom. The number of nitrogens with one attached hydrogen (secondary N) is 2. The van der Waals surface area contributed by atoms with E-state index in [0.29, 0.717) is 18.5 Å². The Kier molecular flexibility index (Phi) is 7.49. The first-order valence-electron chi connectivity index (χ1n) is 8.13. The highest BCUT2D eigenvalue weighted by Gasteiger charge is 2.18. The Morgan fingerprint density at radius 2 is 1.87 bits per heavy atom. The topological polar surface area (TPSA) is 50.4 Å². The van der Waals surface area contributed by atoms with Crippen molar-refractivity contribution in [2.75, 3.05) is 6.54 Å². The molecule has 0 heterocycles. The summed E-state index contributed by atoms with van der Waals surface area (Å²) in [6.45, 7) is 10.2. The molecule has 2 N–H and O–H groups in total. The van der Waals surface area contributed by atoms with Gasteiger partial charge in [0, 0.05) is 12.1 Å². The predicted molar refractivity (Wildman–Crippen MR) is 91.0 cm³/mol. The van der Waals surface area contributed by atoms with Gasteiger partial charge in [-0.2, -0.15) is 0 Å². The van der Waals surface area contributed by atoms with Crippen LogP contribution >= 0.6 is 0 Å². The molecular formula is C18H29FN2O2. The lowest BCUT2D eigenvalue weighted by atomic mass is 10.1. The van der Waals surface area contributed by atoms with Crippen LogP contribution in [0.15, 0.2) is 24.3 Å². The van der Waals surface area contributed by atoms with E-state index in [1.807, 2.05) is 33.8 Å². The second-order valence-electron chi connectivity index (χ2n) is 6.98. The van der Waals surface area contributed by atoms with E-state index in [-0.39, 0.29) is 17.9 Å². The van der Waals surface area contributed by atoms with Gasteiger partial charge in [-0.25, -0.2) is 9.18 Å². The van der Waals surface area contributed by atoms with E-state index in [0.717, 1.165) is 6.42 Å². The van der Waals surface area contributed by atoms with Gasteiger partial charge in [-0.1, -0.05) is 18.2 Å². The summed E-state index contributed by atoms with van der Waals surface area (Å²) in [5.41, 5.74) is 0.222. The van der Waals surface area contributed by atoms with E-state index >= 15 is 0 Å². The van der Waals surface area contributed by atoms with Crippen LogP contribution in [0.25, 0.3) is 0 Å². The van der Waals surface area contributed by atoms with Gasteiger partial charge in [0.2, 0.25) is 0 Å². The maximum Gasteiger partial charge on any atom is 0.407 e. The first-order chi connectivity index (χ1) is 10.7. The molecule has 0 aromatic heterocycles. The molecule has 0 aliphatic rings. The maximum absolute atomic E-state index is 13.5. The van der Waals surface area contributed by atoms with Crippen molar-refractivity contribution in [2.45, 2.75) is 65.1 Å². The summed E-state index contributed by atoms with van der Waals surface area (Å²) >= 11 is 0. The zero-order valence-corrected chi connectivity index (χ0v) is 14.8. The molecule has 0 radical (unpaired) electrons. The van der Waals surface area contributed by atoms with Gasteiger partial charge in [0.1, 0.15) is 11.4 Å². The molecule has 1 amide bonds. The van der Waals surface area contributed by atoms with Crippen molar-refractivity contribution < 1.29 is 13.9 Å². The standard InChI is InChI=1S/C18H29FN2O2/c1-13(12-14(2)21-17(22)23-18(3,4)5)20-11-10-15-8-6-7-9-16(15)19/h6-9,13-14,20H,10-12H2,1-5H3,(H,21,22)/t13-,14-/m0/s1. The lowest BCUT2D eigenvalue weighted by Crippen LogP contribution is -2.41. The van der Waals surface area contributed by atoms with E-state index in [1.54, 1.807) is 12.1 Å². The summed E-state index contributed by atoms with van der Waals surface area (Å²) in [7, 11) is 0. The molecule has 0 aliphatic heterocycles. The second-order valence-corrected chi connectivity index (χ2v) is 6.98. The third kappa shape index (κ3) is 8.55. The van der Waals surface area contributed by atoms with Gasteiger partial charge in [-0.3, -0.25) is 0 Å². The van der Waals surface area contributed by atoms with Crippen molar-refractivity contribution in [2.24, 2.45) is 0 Å². The molecule has 1 aromatic carbocycles. The molecule has 0 fully saturated rings. The van der Waals surface area contributed by atoms with Gasteiger partial charge in [-0.05, 0) is 65.6 Å². The van der Waals surface area contributed by atoms with Crippen molar-refractivity contribution in [3.63, 3.8) is 0 Å². The number of carbonyl (C=O) groups excluding carboxylic acids is 1. The molecule has 0 bridgehead atoms. The fourth-order valence-corrected chi connectivity index (χ4v) is 2.34. The minimum atomic E-state index is -0.493. The number of amides is 1. The van der Waals surface area contributed by atoms with Crippen molar-refractivity contribution in [3.05, 3.63) is 35.6 Å². The van der Waals surface area contributed by atoms with Gasteiger partial charge in [0.05, 0.1) is 0 Å². The quantitative estimate of drug-likeness (QED) is 0.805. The molecule has 2 atom stereocenters. The average Bonchev–Trinajstić information content (AvgIpc) is 2.38. The summed E-state index contributed by atoms with van der Waals surface area (Å²) < 4.78 is 18.7. The molecular weight excluding hydrogens is 295 g/mol. The van der Waals surface area contributed by atoms with Crippen LogP contribution in [0.3, 0.4) is 0 Å². The van der Waals surface area contributed by atoms with Crippen molar-refractivity contribution in [3.8, 4) is 0 Å². The third-order valence-electron chi connectivity index (χ3n) is 3.32. The van der Waals surface area contributed by atoms with Crippen molar-refractivity contribution in [1.29, 1.82) is 0 Å². The van der Waals surface area contributed by atoms with Crippen LogP contribution in [0.2, 0.25) is 0 Å². The van der Waals surface area contributed by atoms with Crippen LogP contribution in [0.5, 0.6) is 0 Å². The first kappa shape index (κ1) is 19.4. The fraction of sp³-hybridized carbons (Fsp3) is 0.611. The second kappa shape index (κ2) is 8.87. The van der Waals surface area contributed by atoms with Gasteiger partial charge in [0.15, 0.2) is 0 Å². The van der Waals surface area contributed by atoms with Crippen molar-refractivity contribution >= 4 is 6.09 Å². The first-order valence-corrected chi connectivity index (χ1v) is 8.13. The Morgan fingerprint density at radius 3 is 2.48 bits per heavy atom. The van der Waals surface area contributed by atoms with Crippen LogP contribution in [0, 0.1) is 5.82 Å². The number of halogens is 1. The largest absolute Gasteiger partial charge is 0.444 e. The maximum atomic E-state index is 13.5. The Labute approximate surface area is 138 Å². The summed E-state index contributed by atoms with van der Waals surface area (Å²) in [4.78, 5) is 11.7. The van der Waals surface area contributed by atoms with Gasteiger partial charge in [-0.15, -0.1) is 0 Å². The third-order valence-corrected chi connectivity index (χ3v) is 3.32. The zero-order valence-electron chi connectivity index (χ0n) is 14.8. The number of carbonyl (C=O) groups is 1. The highest BCUT2D eigenvalue weighted by atomic mass is 19.1. The fourth-order valence-electron chi connectivity index (χ4n) is 2.34. The number of rotatable bonds is 7. The van der Waals surface area contributed by atoms with E-state index in [4.69, 9.17) is 4.74 Å². The lowest BCUT2D eigenvalue weighted by molar-refractivity contribution is 0.0504. The van der Waals surface area contributed by atoms with Gasteiger partial charge >= 0.3 is 6.09 Å². The summed E-state index contributed by atoms with van der Waals surface area (Å²) in [5, 5.41) is 6.18. The summed E-state index contributed by atoms with van der Waals surface area (Å²) in [5.74, 6) is -0.165. The Bertz CT molecular complexity index is 500. The molecule has 0 saturated heterocycles. The van der Waals surface area contributed by atoms with Crippen LogP contribution in [-0.2, 0) is 11.2 Å². The van der Waals surface area contributed by atoms with E-state index in [9.17, 15) is 9.18 Å². The molecule has 0 spiro atoms. The van der Waals surface area contributed by atoms with Crippen LogP contribution in [-0.4, -0.2) is 30.3 Å². The van der Waals surface area contributed by atoms with Crippen LogP contribution in [0.4, 0.5) is 9.18 Å². The molecule has 0 unspecified atom stereocenters. The van der Waals surface area contributed by atoms with E-state index in [2.05, 4.69) is 17.6 Å². The predicted octanol–water partition coefficient (Wildman–Crippen LogP) is 3.65. The SMILES string of the molecule is C[C@@H](C[C@H](C)NC(=O)OC(C)(C)C)NCCc1ccccc1F. The molecule has 0 aliphatic carbocycles. The lowest BCUT2D eigenvalue weighted by Gasteiger charge is -2.23. The molecule has 23 heavy (non-hydrogen) atoms. The van der Waals surface area contributed by atoms with Gasteiger partial charge < -0.3 is 15.4 Å². The molecule has 1 aromatic rings. The van der Waals surface area contributed by atoms with Crippen molar-refractivity contribution in [1.82, 2.24) is 10.6 Å². The normalized spacial score (nSPS) is 14.2. The smallest absolute Gasteiger partial charge is 0.407 e. The molecule has 4 nitrogen and oxygen atoms in total. The minimum absolute atomic E-state index is 0.000751. The zero-order chi connectivity index (χ0) is 17.5. The number of hydrogen-bond acceptors (Lipinski definition) is 3. The highest BCUT2D eigenvalue weighted by Crippen LogP contribution is 2.08. The van der Waals surface area contributed by atoms with Gasteiger partial charge in [0.25, 0.3) is 0 Å². The van der Waals surface area contributed by atoms with Crippen LogP contribution < -0.4 is 10.6 Å². The van der Waals surface area contributed by atoms with Crippen LogP contribution in [0.1, 0.15) is 46.6 Å². The molecule has 5 heteroatoms. The number of ether oxygens (including phenoxy) is 1. The number of benzene rings is 1. The summed E-state index contributed by atoms with van der Waals surface area (Å²) in [6.07, 6.45) is 1.02. The monoisotopic (exact) mass is 324 g/mol. The minimum Gasteiger partial charge on any atom is -0.444 e. The number of alkyl carbamates (subject to hydrolysis) is 1. The Balaban J connectivity index is 2.26. The highest BCUT2D eigenvalue weighted by molar-refractivity contribution is 5.68.